The summed E-state index contributed by atoms with van der Waals surface area (Å²) in [6.45, 7) is 5.00. The van der Waals surface area contributed by atoms with Crippen molar-refractivity contribution in [2.45, 2.75) is 31.1 Å². The van der Waals surface area contributed by atoms with Crippen LogP contribution in [0.25, 0.3) is 0 Å². The van der Waals surface area contributed by atoms with Crippen molar-refractivity contribution in [3.8, 4) is 0 Å². The zero-order chi connectivity index (χ0) is 13.8. The number of hydrogen-bond donors (Lipinski definition) is 2. The molecule has 0 atom stereocenters. The van der Waals surface area contributed by atoms with Crippen molar-refractivity contribution < 1.29 is 17.6 Å². The number of furan rings is 1. The molecule has 0 aliphatic rings. The van der Waals surface area contributed by atoms with Crippen molar-refractivity contribution in [3.63, 3.8) is 0 Å². The highest BCUT2D eigenvalue weighted by Crippen LogP contribution is 2.13. The highest BCUT2D eigenvalue weighted by molar-refractivity contribution is 7.89. The average molecular weight is 276 g/mol. The third-order valence-corrected chi connectivity index (χ3v) is 3.86. The van der Waals surface area contributed by atoms with Gasteiger partial charge < -0.3 is 14.5 Å². The highest BCUT2D eigenvalue weighted by Gasteiger charge is 2.18. The molecule has 6 nitrogen and oxygen atoms in total. The monoisotopic (exact) mass is 276 g/mol. The molecule has 0 fully saturated rings. The van der Waals surface area contributed by atoms with E-state index in [2.05, 4.69) is 10.0 Å². The molecule has 0 aliphatic carbocycles. The molecule has 1 aromatic rings. The molecule has 0 spiro atoms. The second-order valence-electron chi connectivity index (χ2n) is 4.50. The normalized spacial score (nSPS) is 12.9. The van der Waals surface area contributed by atoms with Gasteiger partial charge >= 0.3 is 0 Å². The highest BCUT2D eigenvalue weighted by atomic mass is 32.2. The molecule has 0 saturated heterocycles. The summed E-state index contributed by atoms with van der Waals surface area (Å²) < 4.78 is 35.6. The smallest absolute Gasteiger partial charge is 0.273 e. The van der Waals surface area contributed by atoms with Crippen molar-refractivity contribution in [2.75, 3.05) is 20.7 Å². The van der Waals surface area contributed by atoms with E-state index < -0.39 is 10.0 Å². The molecule has 0 saturated carbocycles. The van der Waals surface area contributed by atoms with Crippen LogP contribution in [0.4, 0.5) is 0 Å². The largest absolute Gasteiger partial charge is 0.447 e. The van der Waals surface area contributed by atoms with Gasteiger partial charge in [0.25, 0.3) is 10.0 Å². The molecular formula is C11H20N2O4S. The molecule has 7 heteroatoms. The molecule has 0 bridgehead atoms. The Kier molecular flexibility index (Phi) is 4.92. The van der Waals surface area contributed by atoms with Gasteiger partial charge in [0.2, 0.25) is 5.09 Å². The lowest BCUT2D eigenvalue weighted by molar-refractivity contribution is 0.0227. The molecule has 1 heterocycles. The maximum atomic E-state index is 11.4. The minimum atomic E-state index is -3.50. The maximum absolute atomic E-state index is 11.4. The van der Waals surface area contributed by atoms with Crippen molar-refractivity contribution >= 4 is 10.0 Å². The lowest BCUT2D eigenvalue weighted by Crippen LogP contribution is -2.36. The van der Waals surface area contributed by atoms with E-state index in [1.54, 1.807) is 13.2 Å². The third kappa shape index (κ3) is 4.09. The molecular weight excluding hydrogens is 256 g/mol. The lowest BCUT2D eigenvalue weighted by atomic mass is 10.1. The summed E-state index contributed by atoms with van der Waals surface area (Å²) in [6.07, 6.45) is 0. The number of methoxy groups -OCH3 is 1. The van der Waals surface area contributed by atoms with Gasteiger partial charge in [-0.1, -0.05) is 0 Å². The zero-order valence-electron chi connectivity index (χ0n) is 11.1. The Bertz CT molecular complexity index is 479. The summed E-state index contributed by atoms with van der Waals surface area (Å²) in [5, 5.41) is 3.07. The fourth-order valence-corrected chi connectivity index (χ4v) is 1.92. The van der Waals surface area contributed by atoms with Gasteiger partial charge in [-0.3, -0.25) is 0 Å². The van der Waals surface area contributed by atoms with Gasteiger partial charge in [0.05, 0.1) is 12.1 Å². The first kappa shape index (κ1) is 15.2. The molecule has 0 unspecified atom stereocenters. The van der Waals surface area contributed by atoms with E-state index in [0.29, 0.717) is 18.8 Å². The fourth-order valence-electron chi connectivity index (χ4n) is 1.26. The summed E-state index contributed by atoms with van der Waals surface area (Å²) in [6, 6.07) is 3.07. The van der Waals surface area contributed by atoms with Crippen LogP contribution in [0.2, 0.25) is 0 Å². The van der Waals surface area contributed by atoms with Crippen LogP contribution in [0.1, 0.15) is 19.6 Å². The standard InChI is InChI=1S/C11H20N2O4S/c1-11(2,16-4)8-13-7-9-5-6-10(17-9)18(14,15)12-3/h5-6,12-13H,7-8H2,1-4H3. The van der Waals surface area contributed by atoms with E-state index in [0.717, 1.165) is 0 Å². The molecule has 0 aromatic carbocycles. The molecule has 0 amide bonds. The first-order valence-electron chi connectivity index (χ1n) is 5.59. The Labute approximate surface area is 108 Å². The topological polar surface area (TPSA) is 80.6 Å². The molecule has 1 aromatic heterocycles. The molecule has 0 radical (unpaired) electrons. The van der Waals surface area contributed by atoms with Crippen LogP contribution < -0.4 is 10.0 Å². The Morgan fingerprint density at radius 2 is 2.06 bits per heavy atom. The Balaban J connectivity index is 2.56. The Morgan fingerprint density at radius 1 is 1.39 bits per heavy atom. The summed E-state index contributed by atoms with van der Waals surface area (Å²) in [7, 11) is -0.515. The van der Waals surface area contributed by atoms with Crippen molar-refractivity contribution in [1.82, 2.24) is 10.0 Å². The molecule has 1 rings (SSSR count). The summed E-state index contributed by atoms with van der Waals surface area (Å²) in [5.41, 5.74) is -0.271. The number of nitrogens with one attached hydrogen (secondary N) is 2. The van der Waals surface area contributed by atoms with Crippen LogP contribution in [-0.2, 0) is 21.3 Å². The van der Waals surface area contributed by atoms with Gasteiger partial charge in [-0.2, -0.15) is 0 Å². The van der Waals surface area contributed by atoms with E-state index in [9.17, 15) is 8.42 Å². The van der Waals surface area contributed by atoms with Crippen LogP contribution in [-0.4, -0.2) is 34.7 Å². The number of sulfonamides is 1. The van der Waals surface area contributed by atoms with Crippen LogP contribution in [0, 0.1) is 0 Å². The lowest BCUT2D eigenvalue weighted by Gasteiger charge is -2.22. The fraction of sp³-hybridized carbons (Fsp3) is 0.636. The van der Waals surface area contributed by atoms with Gasteiger partial charge in [0, 0.05) is 13.7 Å². The minimum absolute atomic E-state index is 0.0761. The predicted molar refractivity (Wildman–Crippen MR) is 67.7 cm³/mol. The molecule has 104 valence electrons. The van der Waals surface area contributed by atoms with Crippen LogP contribution in [0.15, 0.2) is 21.6 Å². The molecule has 18 heavy (non-hydrogen) atoms. The predicted octanol–water partition coefficient (Wildman–Crippen LogP) is 0.702. The number of hydrogen-bond acceptors (Lipinski definition) is 5. The van der Waals surface area contributed by atoms with Gasteiger partial charge in [-0.25, -0.2) is 13.1 Å². The van der Waals surface area contributed by atoms with Gasteiger partial charge in [0.1, 0.15) is 5.76 Å². The van der Waals surface area contributed by atoms with Gasteiger partial charge in [0.15, 0.2) is 0 Å². The van der Waals surface area contributed by atoms with E-state index in [1.807, 2.05) is 13.8 Å². The van der Waals surface area contributed by atoms with Crippen LogP contribution >= 0.6 is 0 Å². The van der Waals surface area contributed by atoms with Crippen LogP contribution in [0.5, 0.6) is 0 Å². The van der Waals surface area contributed by atoms with Gasteiger partial charge in [-0.15, -0.1) is 0 Å². The second-order valence-corrected chi connectivity index (χ2v) is 6.31. The van der Waals surface area contributed by atoms with Gasteiger partial charge in [-0.05, 0) is 33.0 Å². The van der Waals surface area contributed by atoms with E-state index in [1.165, 1.54) is 13.1 Å². The zero-order valence-corrected chi connectivity index (χ0v) is 11.9. The summed E-state index contributed by atoms with van der Waals surface area (Å²) in [5.74, 6) is 0.565. The van der Waals surface area contributed by atoms with E-state index in [-0.39, 0.29) is 10.7 Å². The van der Waals surface area contributed by atoms with Crippen molar-refractivity contribution in [3.05, 3.63) is 17.9 Å². The molecule has 0 aliphatic heterocycles. The SMILES string of the molecule is CNS(=O)(=O)c1ccc(CNCC(C)(C)OC)o1. The Hall–Kier alpha value is -0.890. The number of rotatable bonds is 7. The second kappa shape index (κ2) is 5.83. The van der Waals surface area contributed by atoms with E-state index >= 15 is 0 Å². The average Bonchev–Trinajstić information content (AvgIpc) is 2.78. The Morgan fingerprint density at radius 3 is 2.61 bits per heavy atom. The molecule has 2 N–H and O–H groups in total. The first-order valence-corrected chi connectivity index (χ1v) is 7.07. The quantitative estimate of drug-likeness (QED) is 0.766. The van der Waals surface area contributed by atoms with Crippen molar-refractivity contribution in [2.24, 2.45) is 0 Å². The summed E-state index contributed by atoms with van der Waals surface area (Å²) in [4.78, 5) is 0. The van der Waals surface area contributed by atoms with Crippen LogP contribution in [0.3, 0.4) is 0 Å². The third-order valence-electron chi connectivity index (χ3n) is 2.57. The minimum Gasteiger partial charge on any atom is -0.447 e. The first-order chi connectivity index (χ1) is 8.30. The summed E-state index contributed by atoms with van der Waals surface area (Å²) >= 11 is 0. The maximum Gasteiger partial charge on any atom is 0.273 e. The number of ether oxygens (including phenoxy) is 1. The van der Waals surface area contributed by atoms with E-state index in [4.69, 9.17) is 9.15 Å². The van der Waals surface area contributed by atoms with Crippen molar-refractivity contribution in [1.29, 1.82) is 0 Å².